The van der Waals surface area contributed by atoms with Crippen molar-refractivity contribution in [2.45, 2.75) is 25.9 Å². The summed E-state index contributed by atoms with van der Waals surface area (Å²) in [7, 11) is 0. The Morgan fingerprint density at radius 2 is 2.30 bits per heavy atom. The van der Waals surface area contributed by atoms with Gasteiger partial charge in [-0.1, -0.05) is 5.57 Å². The molecule has 1 unspecified atom stereocenters. The Bertz CT molecular complexity index is 101. The van der Waals surface area contributed by atoms with Crippen molar-refractivity contribution in [3.05, 3.63) is 12.2 Å². The van der Waals surface area contributed by atoms with Gasteiger partial charge in [0.25, 0.3) is 0 Å². The summed E-state index contributed by atoms with van der Waals surface area (Å²) in [6, 6.07) is 0. The summed E-state index contributed by atoms with van der Waals surface area (Å²) in [5.41, 5.74) is 1.15. The summed E-state index contributed by atoms with van der Waals surface area (Å²) < 4.78 is 0. The lowest BCUT2D eigenvalue weighted by atomic mass is 10.1. The Hall–Kier alpha value is 0.0500. The van der Waals surface area contributed by atoms with Gasteiger partial charge < -0.3 is 5.11 Å². The molecule has 0 saturated heterocycles. The van der Waals surface area contributed by atoms with Crippen molar-refractivity contribution < 1.29 is 5.11 Å². The van der Waals surface area contributed by atoms with Crippen molar-refractivity contribution >= 4 is 11.8 Å². The van der Waals surface area contributed by atoms with Crippen LogP contribution in [-0.4, -0.2) is 23.2 Å². The van der Waals surface area contributed by atoms with Crippen molar-refractivity contribution in [3.8, 4) is 0 Å². The van der Waals surface area contributed by atoms with E-state index in [1.807, 2.05) is 13.2 Å². The molecule has 0 bridgehead atoms. The molecule has 0 aliphatic rings. The van der Waals surface area contributed by atoms with E-state index in [0.717, 1.165) is 24.2 Å². The first-order chi connectivity index (χ1) is 4.66. The minimum absolute atomic E-state index is 0.147. The molecule has 2 heteroatoms. The molecule has 0 aromatic heterocycles. The third-order valence-electron chi connectivity index (χ3n) is 1.26. The van der Waals surface area contributed by atoms with E-state index in [1.165, 1.54) is 0 Å². The molecule has 60 valence electrons. The van der Waals surface area contributed by atoms with Crippen molar-refractivity contribution in [1.82, 2.24) is 0 Å². The topological polar surface area (TPSA) is 20.2 Å². The van der Waals surface area contributed by atoms with Crippen LogP contribution >= 0.6 is 11.8 Å². The average molecular weight is 160 g/mol. The largest absolute Gasteiger partial charge is 0.392 e. The van der Waals surface area contributed by atoms with Crippen LogP contribution in [0.1, 0.15) is 19.8 Å². The smallest absolute Gasteiger partial charge is 0.0633 e. The highest BCUT2D eigenvalue weighted by Gasteiger charge is 2.01. The maximum atomic E-state index is 9.24. The Morgan fingerprint density at radius 3 is 2.70 bits per heavy atom. The molecule has 0 aliphatic carbocycles. The van der Waals surface area contributed by atoms with Crippen LogP contribution in [0.2, 0.25) is 0 Å². The van der Waals surface area contributed by atoms with Crippen LogP contribution in [0.25, 0.3) is 0 Å². The first kappa shape index (κ1) is 10.0. The van der Waals surface area contributed by atoms with Gasteiger partial charge in [0.1, 0.15) is 0 Å². The minimum Gasteiger partial charge on any atom is -0.392 e. The summed E-state index contributed by atoms with van der Waals surface area (Å²) in [4.78, 5) is 0. The lowest BCUT2D eigenvalue weighted by molar-refractivity contribution is 0.189. The van der Waals surface area contributed by atoms with Gasteiger partial charge in [-0.15, -0.1) is 6.58 Å². The fourth-order valence-electron chi connectivity index (χ4n) is 0.689. The van der Waals surface area contributed by atoms with Crippen molar-refractivity contribution in [3.63, 3.8) is 0 Å². The van der Waals surface area contributed by atoms with E-state index in [1.54, 1.807) is 11.8 Å². The standard InChI is InChI=1S/C8H16OS/c1-7(2)4-5-8(9)6-10-3/h8-9H,1,4-6H2,2-3H3. The van der Waals surface area contributed by atoms with E-state index < -0.39 is 0 Å². The van der Waals surface area contributed by atoms with Gasteiger partial charge in [-0.3, -0.25) is 0 Å². The number of hydrogen-bond donors (Lipinski definition) is 1. The summed E-state index contributed by atoms with van der Waals surface area (Å²) in [5.74, 6) is 0.841. The zero-order valence-electron chi connectivity index (χ0n) is 6.76. The van der Waals surface area contributed by atoms with Gasteiger partial charge in [-0.25, -0.2) is 0 Å². The molecule has 0 radical (unpaired) electrons. The van der Waals surface area contributed by atoms with Gasteiger partial charge >= 0.3 is 0 Å². The second-order valence-corrected chi connectivity index (χ2v) is 3.52. The van der Waals surface area contributed by atoms with Crippen LogP contribution in [0.4, 0.5) is 0 Å². The maximum Gasteiger partial charge on any atom is 0.0633 e. The predicted molar refractivity (Wildman–Crippen MR) is 48.4 cm³/mol. The van der Waals surface area contributed by atoms with E-state index >= 15 is 0 Å². The Kier molecular flexibility index (Phi) is 5.84. The zero-order chi connectivity index (χ0) is 7.98. The number of hydrogen-bond acceptors (Lipinski definition) is 2. The monoisotopic (exact) mass is 160 g/mol. The lowest BCUT2D eigenvalue weighted by Crippen LogP contribution is -2.08. The van der Waals surface area contributed by atoms with E-state index in [2.05, 4.69) is 6.58 Å². The van der Waals surface area contributed by atoms with Crippen LogP contribution in [-0.2, 0) is 0 Å². The molecule has 0 heterocycles. The van der Waals surface area contributed by atoms with Crippen molar-refractivity contribution in [2.24, 2.45) is 0 Å². The Labute approximate surface area is 67.5 Å². The molecule has 0 rings (SSSR count). The normalized spacial score (nSPS) is 13.1. The van der Waals surface area contributed by atoms with Crippen LogP contribution in [0, 0.1) is 0 Å². The van der Waals surface area contributed by atoms with E-state index in [4.69, 9.17) is 0 Å². The molecule has 1 nitrogen and oxygen atoms in total. The lowest BCUT2D eigenvalue weighted by Gasteiger charge is -2.07. The minimum atomic E-state index is -0.147. The molecule has 0 amide bonds. The molecule has 0 saturated carbocycles. The van der Waals surface area contributed by atoms with Gasteiger partial charge in [0.2, 0.25) is 0 Å². The fourth-order valence-corrected chi connectivity index (χ4v) is 1.24. The second-order valence-electron chi connectivity index (χ2n) is 2.60. The third-order valence-corrected chi connectivity index (χ3v) is 1.98. The fraction of sp³-hybridized carbons (Fsp3) is 0.750. The molecule has 0 spiro atoms. The van der Waals surface area contributed by atoms with E-state index in [0.29, 0.717) is 0 Å². The van der Waals surface area contributed by atoms with Crippen molar-refractivity contribution in [1.29, 1.82) is 0 Å². The van der Waals surface area contributed by atoms with Crippen LogP contribution in [0.5, 0.6) is 0 Å². The van der Waals surface area contributed by atoms with Gasteiger partial charge in [-0.05, 0) is 26.0 Å². The summed E-state index contributed by atoms with van der Waals surface area (Å²) >= 11 is 1.68. The molecule has 10 heavy (non-hydrogen) atoms. The first-order valence-electron chi connectivity index (χ1n) is 3.48. The highest BCUT2D eigenvalue weighted by Crippen LogP contribution is 2.07. The number of aliphatic hydroxyl groups excluding tert-OH is 1. The second kappa shape index (κ2) is 5.81. The number of thioether (sulfide) groups is 1. The molecule has 0 aromatic rings. The zero-order valence-corrected chi connectivity index (χ0v) is 7.58. The first-order valence-corrected chi connectivity index (χ1v) is 4.87. The Balaban J connectivity index is 3.21. The summed E-state index contributed by atoms with van der Waals surface area (Å²) in [6.45, 7) is 5.76. The predicted octanol–water partition coefficient (Wildman–Crippen LogP) is 2.07. The Morgan fingerprint density at radius 1 is 1.70 bits per heavy atom. The number of allylic oxidation sites excluding steroid dienone is 1. The van der Waals surface area contributed by atoms with Crippen molar-refractivity contribution in [2.75, 3.05) is 12.0 Å². The number of rotatable bonds is 5. The highest BCUT2D eigenvalue weighted by atomic mass is 32.2. The van der Waals surface area contributed by atoms with Crippen LogP contribution < -0.4 is 0 Å². The van der Waals surface area contributed by atoms with Crippen LogP contribution in [0.3, 0.4) is 0 Å². The maximum absolute atomic E-state index is 9.24. The SMILES string of the molecule is C=C(C)CCC(O)CSC. The number of aliphatic hydroxyl groups is 1. The molecule has 1 atom stereocenters. The molecular formula is C8H16OS. The third kappa shape index (κ3) is 6.17. The molecule has 0 aromatic carbocycles. The van der Waals surface area contributed by atoms with E-state index in [9.17, 15) is 5.11 Å². The van der Waals surface area contributed by atoms with Gasteiger partial charge in [0.05, 0.1) is 6.10 Å². The van der Waals surface area contributed by atoms with Gasteiger partial charge in [0, 0.05) is 5.75 Å². The molecule has 0 aliphatic heterocycles. The molecule has 1 N–H and O–H groups in total. The quantitative estimate of drug-likeness (QED) is 0.621. The molecule has 0 fully saturated rings. The van der Waals surface area contributed by atoms with Gasteiger partial charge in [0.15, 0.2) is 0 Å². The molecular weight excluding hydrogens is 144 g/mol. The summed E-state index contributed by atoms with van der Waals surface area (Å²) in [6.07, 6.45) is 3.66. The average Bonchev–Trinajstić information content (AvgIpc) is 1.85. The van der Waals surface area contributed by atoms with E-state index in [-0.39, 0.29) is 6.10 Å². The highest BCUT2D eigenvalue weighted by molar-refractivity contribution is 7.98. The van der Waals surface area contributed by atoms with Gasteiger partial charge in [-0.2, -0.15) is 11.8 Å². The van der Waals surface area contributed by atoms with Crippen LogP contribution in [0.15, 0.2) is 12.2 Å². The summed E-state index contributed by atoms with van der Waals surface area (Å²) in [5, 5.41) is 9.24.